The quantitative estimate of drug-likeness (QED) is 0.279. The third-order valence-electron chi connectivity index (χ3n) is 5.70. The van der Waals surface area contributed by atoms with E-state index in [2.05, 4.69) is 9.97 Å². The smallest absolute Gasteiger partial charge is 0.266 e. The molecule has 0 saturated carbocycles. The minimum atomic E-state index is -0.611. The van der Waals surface area contributed by atoms with E-state index in [0.29, 0.717) is 22.1 Å². The monoisotopic (exact) mass is 732 g/mol. The molecule has 6 rings (SSSR count). The topological polar surface area (TPSA) is 169 Å². The average Bonchev–Trinajstić information content (AvgIpc) is 2.99. The summed E-state index contributed by atoms with van der Waals surface area (Å²) in [7, 11) is -2.44. The van der Waals surface area contributed by atoms with Gasteiger partial charge >= 0.3 is 0 Å². The van der Waals surface area contributed by atoms with Gasteiger partial charge in [0.05, 0.1) is 23.8 Å². The maximum Gasteiger partial charge on any atom is 0.266 e. The van der Waals surface area contributed by atoms with E-state index in [9.17, 15) is 36.0 Å². The van der Waals surface area contributed by atoms with Gasteiger partial charge in [-0.05, 0) is 48.5 Å². The lowest BCUT2D eigenvalue weighted by Gasteiger charge is -2.31. The summed E-state index contributed by atoms with van der Waals surface area (Å²) in [5, 5.41) is 0.644. The van der Waals surface area contributed by atoms with Gasteiger partial charge in [-0.15, -0.1) is 0 Å². The number of hydrogen-bond acceptors (Lipinski definition) is 10. The van der Waals surface area contributed by atoms with Crippen LogP contribution in [-0.4, -0.2) is 100 Å². The Morgan fingerprint density at radius 1 is 0.438 bits per heavy atom. The Hall–Kier alpha value is -4.12. The largest absolute Gasteiger partial charge is 0.268 e. The van der Waals surface area contributed by atoms with Crippen molar-refractivity contribution in [2.24, 2.45) is 0 Å². The number of benzene rings is 2. The first kappa shape index (κ1) is 40.1. The zero-order chi connectivity index (χ0) is 36.3. The molecule has 2 aromatic heterocycles. The predicted molar refractivity (Wildman–Crippen MR) is 195 cm³/mol. The van der Waals surface area contributed by atoms with Gasteiger partial charge in [0.15, 0.2) is 0 Å². The van der Waals surface area contributed by atoms with E-state index >= 15 is 0 Å². The van der Waals surface area contributed by atoms with Crippen molar-refractivity contribution < 1.29 is 36.0 Å². The Morgan fingerprint density at radius 2 is 0.667 bits per heavy atom. The number of hydrogen-bond donors (Lipinski definition) is 0. The Kier molecular flexibility index (Phi) is 15.4. The molecule has 12 nitrogen and oxygen atoms in total. The van der Waals surface area contributed by atoms with E-state index in [-0.39, 0.29) is 22.3 Å². The molecule has 2 aliphatic rings. The highest BCUT2D eigenvalue weighted by Crippen LogP contribution is 2.39. The lowest BCUT2D eigenvalue weighted by atomic mass is 9.85. The summed E-state index contributed by atoms with van der Waals surface area (Å²) in [4.78, 5) is 63.2. The molecule has 256 valence electrons. The van der Waals surface area contributed by atoms with Gasteiger partial charge < -0.3 is 0 Å². The van der Waals surface area contributed by atoms with Gasteiger partial charge in [0, 0.05) is 139 Å². The van der Waals surface area contributed by atoms with E-state index in [1.54, 1.807) is 86.7 Å². The Balaban J connectivity index is 0.000000422. The zero-order valence-electron chi connectivity index (χ0n) is 27.6. The zero-order valence-corrected chi connectivity index (χ0v) is 30.9. The van der Waals surface area contributed by atoms with Crippen LogP contribution in [-0.2, 0) is 43.2 Å². The number of imide groups is 2. The molecule has 0 spiro atoms. The van der Waals surface area contributed by atoms with Crippen LogP contribution >= 0.6 is 0 Å². The molecular formula is C32H36N4O8S4. The summed E-state index contributed by atoms with van der Waals surface area (Å²) >= 11 is 0. The van der Waals surface area contributed by atoms with Crippen molar-refractivity contribution in [2.75, 3.05) is 59.8 Å². The van der Waals surface area contributed by atoms with Gasteiger partial charge in [-0.3, -0.25) is 46.0 Å². The van der Waals surface area contributed by atoms with Gasteiger partial charge in [0.1, 0.15) is 0 Å². The first-order valence-electron chi connectivity index (χ1n) is 13.7. The van der Waals surface area contributed by atoms with Gasteiger partial charge in [-0.1, -0.05) is 0 Å². The summed E-state index contributed by atoms with van der Waals surface area (Å²) in [6.07, 6.45) is 19.1. The molecule has 2 aliphatic heterocycles. The minimum Gasteiger partial charge on any atom is -0.268 e. The molecule has 0 aliphatic carbocycles. The highest BCUT2D eigenvalue weighted by molar-refractivity contribution is 7.84. The molecule has 0 saturated heterocycles. The summed E-state index contributed by atoms with van der Waals surface area (Å²) in [6, 6.07) is 12.6. The third kappa shape index (κ3) is 10.4. The number of amides is 4. The van der Waals surface area contributed by atoms with E-state index < -0.39 is 66.8 Å². The molecule has 48 heavy (non-hydrogen) atoms. The SMILES string of the molecule is CS(C)=O.CS(C)=O.CS(C)=O.CS(C)=O.O=C1c2ccc3c4c(ccc(c24)C(=O)N1c1cccnc1)C(=O)N(c1cccnc1)C3=O. The molecule has 0 bridgehead atoms. The molecule has 16 heteroatoms. The first-order valence-corrected chi connectivity index (χ1v) is 21.5. The molecule has 0 atom stereocenters. The molecule has 2 aromatic carbocycles. The standard InChI is InChI=1S/C24H12N4O4.4C2H6OS/c29-21-15-5-7-17-20-18(24(32)28(23(17)31)14-4-2-10-26-12-14)8-6-16(19(15)20)22(30)27(21)13-3-1-9-25-11-13;4*1-4(2)3/h1-12H;4*1-2H3. The number of aromatic nitrogens is 2. The summed E-state index contributed by atoms with van der Waals surface area (Å²) < 4.78 is 38.2. The van der Waals surface area contributed by atoms with Gasteiger partial charge in [-0.25, -0.2) is 9.80 Å². The summed E-state index contributed by atoms with van der Waals surface area (Å²) in [5.74, 6) is -2.13. The van der Waals surface area contributed by atoms with Gasteiger partial charge in [0.2, 0.25) is 0 Å². The normalized spacial score (nSPS) is 12.9. The summed E-state index contributed by atoms with van der Waals surface area (Å²) in [6.45, 7) is 0. The van der Waals surface area contributed by atoms with Crippen molar-refractivity contribution in [2.45, 2.75) is 0 Å². The van der Waals surface area contributed by atoms with Crippen LogP contribution < -0.4 is 9.80 Å². The Bertz CT molecular complexity index is 1670. The van der Waals surface area contributed by atoms with Crippen LogP contribution in [0.15, 0.2) is 73.3 Å². The van der Waals surface area contributed by atoms with Crippen LogP contribution in [0.1, 0.15) is 41.4 Å². The second-order valence-corrected chi connectivity index (χ2v) is 16.3. The molecule has 0 fully saturated rings. The van der Waals surface area contributed by atoms with Crippen LogP contribution in [0, 0.1) is 0 Å². The molecule has 4 amide bonds. The van der Waals surface area contributed by atoms with Crippen molar-refractivity contribution >= 4 is 89.0 Å². The fourth-order valence-electron chi connectivity index (χ4n) is 4.32. The van der Waals surface area contributed by atoms with E-state index in [1.165, 1.54) is 36.7 Å². The van der Waals surface area contributed by atoms with Crippen LogP contribution in [0.4, 0.5) is 11.4 Å². The van der Waals surface area contributed by atoms with Crippen LogP contribution in [0.25, 0.3) is 10.8 Å². The van der Waals surface area contributed by atoms with Crippen LogP contribution in [0.3, 0.4) is 0 Å². The van der Waals surface area contributed by atoms with Crippen LogP contribution in [0.2, 0.25) is 0 Å². The number of pyridine rings is 2. The first-order chi connectivity index (χ1) is 22.5. The average molecular weight is 733 g/mol. The number of anilines is 2. The fourth-order valence-corrected chi connectivity index (χ4v) is 4.32. The number of carbonyl (C=O) groups excluding carboxylic acids is 4. The van der Waals surface area contributed by atoms with Crippen LogP contribution in [0.5, 0.6) is 0 Å². The van der Waals surface area contributed by atoms with Crippen molar-refractivity contribution in [1.82, 2.24) is 9.97 Å². The second-order valence-electron chi connectivity index (χ2n) is 10.4. The number of carbonyl (C=O) groups is 4. The highest BCUT2D eigenvalue weighted by atomic mass is 32.2. The molecule has 4 aromatic rings. The maximum absolute atomic E-state index is 13.3. The number of rotatable bonds is 2. The van der Waals surface area contributed by atoms with E-state index in [0.717, 1.165) is 9.80 Å². The molecule has 0 radical (unpaired) electrons. The molecule has 0 unspecified atom stereocenters. The third-order valence-corrected chi connectivity index (χ3v) is 5.70. The molecular weight excluding hydrogens is 697 g/mol. The number of nitrogens with zero attached hydrogens (tertiary/aromatic N) is 4. The highest BCUT2D eigenvalue weighted by Gasteiger charge is 2.40. The second kappa shape index (κ2) is 18.4. The van der Waals surface area contributed by atoms with Gasteiger partial charge in [0.25, 0.3) is 23.6 Å². The fraction of sp³-hybridized carbons (Fsp3) is 0.250. The van der Waals surface area contributed by atoms with Crippen molar-refractivity contribution in [1.29, 1.82) is 0 Å². The van der Waals surface area contributed by atoms with Gasteiger partial charge in [-0.2, -0.15) is 0 Å². The van der Waals surface area contributed by atoms with E-state index in [1.807, 2.05) is 0 Å². The maximum atomic E-state index is 13.3. The summed E-state index contributed by atoms with van der Waals surface area (Å²) in [5.41, 5.74) is 1.69. The van der Waals surface area contributed by atoms with Crippen molar-refractivity contribution in [3.05, 3.63) is 95.6 Å². The molecule has 4 heterocycles. The Labute approximate surface area is 289 Å². The minimum absolute atomic E-state index is 0.250. The lowest BCUT2D eigenvalue weighted by molar-refractivity contribution is 0.0873. The predicted octanol–water partition coefficient (Wildman–Crippen LogP) is 3.21. The molecule has 0 N–H and O–H groups in total. The lowest BCUT2D eigenvalue weighted by Crippen LogP contribution is -2.43. The van der Waals surface area contributed by atoms with Crippen molar-refractivity contribution in [3.63, 3.8) is 0 Å². The Morgan fingerprint density at radius 3 is 0.854 bits per heavy atom. The van der Waals surface area contributed by atoms with E-state index in [4.69, 9.17) is 0 Å². The van der Waals surface area contributed by atoms with Crippen molar-refractivity contribution in [3.8, 4) is 0 Å².